The molecule has 0 aliphatic rings. The van der Waals surface area contributed by atoms with Gasteiger partial charge >= 0.3 is 0 Å². The van der Waals surface area contributed by atoms with Crippen LogP contribution in [0.2, 0.25) is 0 Å². The first kappa shape index (κ1) is 14.9. The molecule has 0 aliphatic heterocycles. The van der Waals surface area contributed by atoms with E-state index in [1.165, 1.54) is 11.5 Å². The van der Waals surface area contributed by atoms with E-state index in [0.29, 0.717) is 5.13 Å². The van der Waals surface area contributed by atoms with Crippen molar-refractivity contribution in [2.75, 3.05) is 25.0 Å². The van der Waals surface area contributed by atoms with Crippen LogP contribution < -0.4 is 5.32 Å². The van der Waals surface area contributed by atoms with Crippen molar-refractivity contribution < 1.29 is 4.79 Å². The Hall–Kier alpha value is -1.17. The molecule has 0 spiro atoms. The average Bonchev–Trinajstić information content (AvgIpc) is 2.76. The van der Waals surface area contributed by atoms with E-state index in [4.69, 9.17) is 0 Å². The quantitative estimate of drug-likeness (QED) is 0.890. The minimum absolute atomic E-state index is 0.0562. The van der Waals surface area contributed by atoms with Crippen molar-refractivity contribution in [3.05, 3.63) is 5.82 Å². The number of carbonyl (C=O) groups excluding carboxylic acids is 1. The number of nitrogens with one attached hydrogen (secondary N) is 1. The highest BCUT2D eigenvalue weighted by molar-refractivity contribution is 7.09. The zero-order chi connectivity index (χ0) is 13.8. The molecule has 1 rings (SSSR count). The second-order valence-corrected chi connectivity index (χ2v) is 5.84. The summed E-state index contributed by atoms with van der Waals surface area (Å²) in [6.45, 7) is 11.9. The molecule has 0 radical (unpaired) electrons. The molecule has 0 unspecified atom stereocenters. The number of likely N-dealkylation sites (N-methyl/N-ethyl adjacent to an activating group) is 1. The number of hydrogen-bond acceptors (Lipinski definition) is 5. The number of carbonyl (C=O) groups is 1. The Morgan fingerprint density at radius 2 is 1.94 bits per heavy atom. The topological polar surface area (TPSA) is 58.1 Å². The summed E-state index contributed by atoms with van der Waals surface area (Å²) in [5.41, 5.74) is -0.0562. The van der Waals surface area contributed by atoms with Crippen LogP contribution in [0.15, 0.2) is 0 Å². The molecule has 0 saturated heterocycles. The highest BCUT2D eigenvalue weighted by Gasteiger charge is 2.19. The van der Waals surface area contributed by atoms with Gasteiger partial charge in [0.05, 0.1) is 6.54 Å². The first-order valence-electron chi connectivity index (χ1n) is 6.24. The van der Waals surface area contributed by atoms with E-state index in [2.05, 4.69) is 35.4 Å². The summed E-state index contributed by atoms with van der Waals surface area (Å²) in [6, 6.07) is 0. The van der Waals surface area contributed by atoms with Crippen LogP contribution in [0.4, 0.5) is 5.13 Å². The van der Waals surface area contributed by atoms with Crippen molar-refractivity contribution in [1.82, 2.24) is 14.3 Å². The number of amides is 1. The molecular formula is C12H22N4OS. The Kier molecular flexibility index (Phi) is 5.07. The maximum atomic E-state index is 11.8. The van der Waals surface area contributed by atoms with Crippen LogP contribution in [0.5, 0.6) is 0 Å². The lowest BCUT2D eigenvalue weighted by atomic mass is 9.96. The Morgan fingerprint density at radius 3 is 2.39 bits per heavy atom. The standard InChI is InChI=1S/C12H22N4OS/c1-6-16(7-2)9(17)8-13-11-14-10(15-18-11)12(3,4)5/h6-8H2,1-5H3,(H,13,14,15). The number of aromatic nitrogens is 2. The molecule has 1 aromatic rings. The van der Waals surface area contributed by atoms with Crippen LogP contribution in [0.1, 0.15) is 40.4 Å². The minimum Gasteiger partial charge on any atom is -0.351 e. The third-order valence-electron chi connectivity index (χ3n) is 2.60. The van der Waals surface area contributed by atoms with Crippen LogP contribution in [0.3, 0.4) is 0 Å². The second-order valence-electron chi connectivity index (χ2n) is 5.09. The predicted molar refractivity (Wildman–Crippen MR) is 75.0 cm³/mol. The Bertz CT molecular complexity index is 393. The Morgan fingerprint density at radius 1 is 1.33 bits per heavy atom. The molecule has 18 heavy (non-hydrogen) atoms. The van der Waals surface area contributed by atoms with Crippen LogP contribution in [0.25, 0.3) is 0 Å². The molecule has 0 aromatic carbocycles. The Balaban J connectivity index is 2.54. The van der Waals surface area contributed by atoms with Gasteiger partial charge in [-0.25, -0.2) is 4.98 Å². The van der Waals surface area contributed by atoms with Gasteiger partial charge in [-0.2, -0.15) is 4.37 Å². The van der Waals surface area contributed by atoms with Gasteiger partial charge < -0.3 is 10.2 Å². The van der Waals surface area contributed by atoms with E-state index in [-0.39, 0.29) is 17.9 Å². The average molecular weight is 270 g/mol. The fourth-order valence-electron chi connectivity index (χ4n) is 1.44. The molecule has 0 saturated carbocycles. The highest BCUT2D eigenvalue weighted by atomic mass is 32.1. The first-order valence-corrected chi connectivity index (χ1v) is 7.01. The lowest BCUT2D eigenvalue weighted by Crippen LogP contribution is -2.35. The molecule has 0 atom stereocenters. The summed E-state index contributed by atoms with van der Waals surface area (Å²) in [4.78, 5) is 18.0. The SMILES string of the molecule is CCN(CC)C(=O)CNc1nc(C(C)(C)C)ns1. The second kappa shape index (κ2) is 6.13. The van der Waals surface area contributed by atoms with Gasteiger partial charge in [0.1, 0.15) is 5.82 Å². The lowest BCUT2D eigenvalue weighted by Gasteiger charge is -2.18. The van der Waals surface area contributed by atoms with Crippen molar-refractivity contribution in [3.63, 3.8) is 0 Å². The molecule has 6 heteroatoms. The minimum atomic E-state index is -0.0562. The molecule has 0 aliphatic carbocycles. The number of anilines is 1. The van der Waals surface area contributed by atoms with Gasteiger partial charge in [-0.05, 0) is 13.8 Å². The predicted octanol–water partition coefficient (Wildman–Crippen LogP) is 2.12. The summed E-state index contributed by atoms with van der Waals surface area (Å²) in [5, 5.41) is 3.75. The maximum Gasteiger partial charge on any atom is 0.241 e. The van der Waals surface area contributed by atoms with Gasteiger partial charge in [0.15, 0.2) is 0 Å². The largest absolute Gasteiger partial charge is 0.351 e. The van der Waals surface area contributed by atoms with Crippen LogP contribution >= 0.6 is 11.5 Å². The number of rotatable bonds is 5. The van der Waals surface area contributed by atoms with Gasteiger partial charge in [0.25, 0.3) is 0 Å². The van der Waals surface area contributed by atoms with E-state index in [9.17, 15) is 4.79 Å². The third-order valence-corrected chi connectivity index (χ3v) is 3.28. The van der Waals surface area contributed by atoms with E-state index in [1.54, 1.807) is 4.90 Å². The highest BCUT2D eigenvalue weighted by Crippen LogP contribution is 2.22. The summed E-state index contributed by atoms with van der Waals surface area (Å²) < 4.78 is 4.29. The lowest BCUT2D eigenvalue weighted by molar-refractivity contribution is -0.128. The van der Waals surface area contributed by atoms with Crippen LogP contribution in [-0.2, 0) is 10.2 Å². The Labute approximate surface area is 113 Å². The fourth-order valence-corrected chi connectivity index (χ4v) is 2.19. The zero-order valence-electron chi connectivity index (χ0n) is 11.8. The maximum absolute atomic E-state index is 11.8. The normalized spacial score (nSPS) is 11.4. The summed E-state index contributed by atoms with van der Waals surface area (Å²) in [6.07, 6.45) is 0. The monoisotopic (exact) mass is 270 g/mol. The van der Waals surface area contributed by atoms with Gasteiger partial charge in [-0.1, -0.05) is 20.8 Å². The van der Waals surface area contributed by atoms with E-state index >= 15 is 0 Å². The number of hydrogen-bond donors (Lipinski definition) is 1. The van der Waals surface area contributed by atoms with Gasteiger partial charge in [-0.15, -0.1) is 0 Å². The van der Waals surface area contributed by atoms with Gasteiger partial charge in [0, 0.05) is 30.0 Å². The van der Waals surface area contributed by atoms with Crippen molar-refractivity contribution in [3.8, 4) is 0 Å². The molecular weight excluding hydrogens is 248 g/mol. The van der Waals surface area contributed by atoms with E-state index in [0.717, 1.165) is 18.9 Å². The molecule has 0 fully saturated rings. The summed E-state index contributed by atoms with van der Waals surface area (Å²) >= 11 is 1.30. The fraction of sp³-hybridized carbons (Fsp3) is 0.750. The van der Waals surface area contributed by atoms with E-state index < -0.39 is 0 Å². The van der Waals surface area contributed by atoms with Crippen molar-refractivity contribution in [2.45, 2.75) is 40.0 Å². The van der Waals surface area contributed by atoms with Crippen molar-refractivity contribution in [2.24, 2.45) is 0 Å². The summed E-state index contributed by atoms with van der Waals surface area (Å²) in [5.74, 6) is 0.901. The molecule has 102 valence electrons. The number of nitrogens with zero attached hydrogens (tertiary/aromatic N) is 3. The first-order chi connectivity index (χ1) is 8.38. The summed E-state index contributed by atoms with van der Waals surface area (Å²) in [7, 11) is 0. The molecule has 1 amide bonds. The molecule has 1 aromatic heterocycles. The smallest absolute Gasteiger partial charge is 0.241 e. The molecule has 1 heterocycles. The van der Waals surface area contributed by atoms with Gasteiger partial charge in [-0.3, -0.25) is 4.79 Å². The van der Waals surface area contributed by atoms with Crippen LogP contribution in [0, 0.1) is 0 Å². The van der Waals surface area contributed by atoms with Crippen LogP contribution in [-0.4, -0.2) is 39.8 Å². The third kappa shape index (κ3) is 3.94. The van der Waals surface area contributed by atoms with E-state index in [1.807, 2.05) is 13.8 Å². The molecule has 0 bridgehead atoms. The van der Waals surface area contributed by atoms with Crippen molar-refractivity contribution >= 4 is 22.6 Å². The molecule has 5 nitrogen and oxygen atoms in total. The molecule has 1 N–H and O–H groups in total. The van der Waals surface area contributed by atoms with Gasteiger partial charge in [0.2, 0.25) is 11.0 Å². The zero-order valence-corrected chi connectivity index (χ0v) is 12.6. The van der Waals surface area contributed by atoms with Crippen molar-refractivity contribution in [1.29, 1.82) is 0 Å².